The first kappa shape index (κ1) is 15.7. The number of hydrogen-bond acceptors (Lipinski definition) is 4. The molecule has 2 heterocycles. The minimum atomic E-state index is -0.584. The second kappa shape index (κ2) is 5.77. The molecule has 23 heavy (non-hydrogen) atoms. The molecule has 0 aliphatic carbocycles. The van der Waals surface area contributed by atoms with E-state index in [1.165, 1.54) is 4.68 Å². The summed E-state index contributed by atoms with van der Waals surface area (Å²) in [4.78, 5) is 16.6. The van der Waals surface area contributed by atoms with Gasteiger partial charge in [0.2, 0.25) is 0 Å². The van der Waals surface area contributed by atoms with Crippen LogP contribution in [0.15, 0.2) is 47.2 Å². The number of benzene rings is 1. The molecule has 0 fully saturated rings. The van der Waals surface area contributed by atoms with Gasteiger partial charge in [-0.2, -0.15) is 9.78 Å². The summed E-state index contributed by atoms with van der Waals surface area (Å²) in [6.45, 7) is 5.49. The summed E-state index contributed by atoms with van der Waals surface area (Å²) in [7, 11) is 0. The van der Waals surface area contributed by atoms with Gasteiger partial charge in [-0.3, -0.25) is 4.98 Å². The lowest BCUT2D eigenvalue weighted by Gasteiger charge is -2.19. The number of fused-ring (bicyclic) bond motifs is 1. The first-order valence-electron chi connectivity index (χ1n) is 7.17. The van der Waals surface area contributed by atoms with Crippen molar-refractivity contribution in [3.05, 3.63) is 47.2 Å². The Kier molecular flexibility index (Phi) is 3.93. The number of carbonyl (C=O) groups excluding carboxylic acids is 1. The quantitative estimate of drug-likeness (QED) is 0.623. The van der Waals surface area contributed by atoms with Crippen LogP contribution in [0.25, 0.3) is 22.2 Å². The van der Waals surface area contributed by atoms with E-state index in [0.717, 1.165) is 15.4 Å². The average Bonchev–Trinajstić information content (AvgIpc) is 2.85. The van der Waals surface area contributed by atoms with Crippen molar-refractivity contribution in [2.24, 2.45) is 0 Å². The predicted octanol–water partition coefficient (Wildman–Crippen LogP) is 4.64. The normalized spacial score (nSPS) is 11.7. The van der Waals surface area contributed by atoms with E-state index in [1.54, 1.807) is 12.4 Å². The number of pyridine rings is 1. The van der Waals surface area contributed by atoms with Gasteiger partial charge in [0.15, 0.2) is 0 Å². The van der Waals surface area contributed by atoms with Gasteiger partial charge >= 0.3 is 6.09 Å². The molecule has 0 unspecified atom stereocenters. The van der Waals surface area contributed by atoms with Crippen molar-refractivity contribution in [2.45, 2.75) is 26.4 Å². The van der Waals surface area contributed by atoms with E-state index >= 15 is 0 Å². The topological polar surface area (TPSA) is 57.0 Å². The maximum absolute atomic E-state index is 12.5. The largest absolute Gasteiger partial charge is 0.442 e. The molecule has 0 saturated heterocycles. The Labute approximate surface area is 142 Å². The fraction of sp³-hybridized carbons (Fsp3) is 0.235. The molecule has 6 heteroatoms. The van der Waals surface area contributed by atoms with Crippen LogP contribution < -0.4 is 0 Å². The Morgan fingerprint density at radius 2 is 2.04 bits per heavy atom. The summed E-state index contributed by atoms with van der Waals surface area (Å²) in [6.07, 6.45) is 2.93. The molecule has 1 aromatic carbocycles. The molecule has 2 aromatic heterocycles. The molecule has 0 aliphatic rings. The number of nitrogens with zero attached hydrogens (tertiary/aromatic N) is 3. The number of ether oxygens (including phenoxy) is 1. The maximum atomic E-state index is 12.5. The van der Waals surface area contributed by atoms with E-state index < -0.39 is 11.7 Å². The van der Waals surface area contributed by atoms with E-state index in [2.05, 4.69) is 26.0 Å². The lowest BCUT2D eigenvalue weighted by molar-refractivity contribution is 0.0523. The molecule has 5 nitrogen and oxygen atoms in total. The molecule has 0 bridgehead atoms. The van der Waals surface area contributed by atoms with Gasteiger partial charge in [0, 0.05) is 27.8 Å². The van der Waals surface area contributed by atoms with Gasteiger partial charge in [-0.05, 0) is 51.1 Å². The van der Waals surface area contributed by atoms with Crippen LogP contribution in [0.2, 0.25) is 0 Å². The van der Waals surface area contributed by atoms with E-state index in [-0.39, 0.29) is 0 Å². The Morgan fingerprint density at radius 3 is 2.70 bits per heavy atom. The van der Waals surface area contributed by atoms with Crippen molar-refractivity contribution in [1.29, 1.82) is 0 Å². The third-order valence-electron chi connectivity index (χ3n) is 3.14. The number of halogens is 1. The number of hydrogen-bond donors (Lipinski definition) is 0. The zero-order valence-corrected chi connectivity index (χ0v) is 14.7. The van der Waals surface area contributed by atoms with Crippen molar-refractivity contribution >= 4 is 32.9 Å². The van der Waals surface area contributed by atoms with Gasteiger partial charge in [-0.15, -0.1) is 0 Å². The number of carbonyl (C=O) groups is 1. The standard InChI is InChI=1S/C17H16BrN3O2/c1-17(2,3)23-16(22)21-14-7-6-12(18)9-13(14)15(20-21)11-5-4-8-19-10-11/h4-10H,1-3H3. The first-order chi connectivity index (χ1) is 10.8. The van der Waals surface area contributed by atoms with Crippen molar-refractivity contribution < 1.29 is 9.53 Å². The molecule has 0 atom stereocenters. The third kappa shape index (κ3) is 3.27. The number of rotatable bonds is 1. The summed E-state index contributed by atoms with van der Waals surface area (Å²) in [6, 6.07) is 9.40. The molecule has 0 radical (unpaired) electrons. The lowest BCUT2D eigenvalue weighted by Crippen LogP contribution is -2.27. The van der Waals surface area contributed by atoms with E-state index in [1.807, 2.05) is 51.1 Å². The zero-order chi connectivity index (χ0) is 16.6. The smallest absolute Gasteiger partial charge is 0.435 e. The maximum Gasteiger partial charge on any atom is 0.435 e. The molecule has 0 spiro atoms. The summed E-state index contributed by atoms with van der Waals surface area (Å²) < 4.78 is 7.66. The van der Waals surface area contributed by atoms with E-state index in [0.29, 0.717) is 11.2 Å². The fourth-order valence-electron chi connectivity index (χ4n) is 2.25. The highest BCUT2D eigenvalue weighted by Gasteiger charge is 2.22. The molecule has 0 N–H and O–H groups in total. The van der Waals surface area contributed by atoms with Crippen LogP contribution in [0.1, 0.15) is 20.8 Å². The Bertz CT molecular complexity index is 867. The minimum absolute atomic E-state index is 0.500. The van der Waals surface area contributed by atoms with Crippen LogP contribution in [0.4, 0.5) is 4.79 Å². The minimum Gasteiger partial charge on any atom is -0.442 e. The second-order valence-corrected chi connectivity index (χ2v) is 7.06. The average molecular weight is 374 g/mol. The fourth-order valence-corrected chi connectivity index (χ4v) is 2.61. The SMILES string of the molecule is CC(C)(C)OC(=O)n1nc(-c2cccnc2)c2cc(Br)ccc21. The molecule has 3 aromatic rings. The second-order valence-electron chi connectivity index (χ2n) is 6.14. The van der Waals surface area contributed by atoms with Gasteiger partial charge in [0.25, 0.3) is 0 Å². The highest BCUT2D eigenvalue weighted by Crippen LogP contribution is 2.30. The van der Waals surface area contributed by atoms with Gasteiger partial charge in [0.05, 0.1) is 5.52 Å². The Hall–Kier alpha value is -2.21. The molecular formula is C17H16BrN3O2. The predicted molar refractivity (Wildman–Crippen MR) is 92.3 cm³/mol. The monoisotopic (exact) mass is 373 g/mol. The van der Waals surface area contributed by atoms with Crippen LogP contribution >= 0.6 is 15.9 Å². The van der Waals surface area contributed by atoms with Crippen LogP contribution in [0.3, 0.4) is 0 Å². The van der Waals surface area contributed by atoms with Crippen molar-refractivity contribution in [3.8, 4) is 11.3 Å². The van der Waals surface area contributed by atoms with Gasteiger partial charge in [0.1, 0.15) is 11.3 Å². The molecule has 0 aliphatic heterocycles. The summed E-state index contributed by atoms with van der Waals surface area (Å²) in [5.41, 5.74) is 1.65. The highest BCUT2D eigenvalue weighted by molar-refractivity contribution is 9.10. The molecular weight excluding hydrogens is 358 g/mol. The lowest BCUT2D eigenvalue weighted by atomic mass is 10.1. The van der Waals surface area contributed by atoms with Crippen LogP contribution in [-0.2, 0) is 4.74 Å². The van der Waals surface area contributed by atoms with Crippen molar-refractivity contribution in [3.63, 3.8) is 0 Å². The van der Waals surface area contributed by atoms with Crippen LogP contribution in [0, 0.1) is 0 Å². The van der Waals surface area contributed by atoms with Crippen molar-refractivity contribution in [1.82, 2.24) is 14.8 Å². The molecule has 0 amide bonds. The Balaban J connectivity index is 2.19. The molecule has 118 valence electrons. The van der Waals surface area contributed by atoms with Gasteiger partial charge < -0.3 is 4.74 Å². The van der Waals surface area contributed by atoms with E-state index in [9.17, 15) is 4.79 Å². The molecule has 3 rings (SSSR count). The van der Waals surface area contributed by atoms with Crippen LogP contribution in [-0.4, -0.2) is 26.5 Å². The summed E-state index contributed by atoms with van der Waals surface area (Å²) >= 11 is 3.47. The van der Waals surface area contributed by atoms with Crippen LogP contribution in [0.5, 0.6) is 0 Å². The highest BCUT2D eigenvalue weighted by atomic mass is 79.9. The molecule has 0 saturated carbocycles. The van der Waals surface area contributed by atoms with Gasteiger partial charge in [-0.25, -0.2) is 4.79 Å². The van der Waals surface area contributed by atoms with E-state index in [4.69, 9.17) is 4.74 Å². The summed E-state index contributed by atoms with van der Waals surface area (Å²) in [5, 5.41) is 5.33. The third-order valence-corrected chi connectivity index (χ3v) is 3.64. The van der Waals surface area contributed by atoms with Gasteiger partial charge in [-0.1, -0.05) is 15.9 Å². The first-order valence-corrected chi connectivity index (χ1v) is 7.96. The number of aromatic nitrogens is 3. The summed E-state index contributed by atoms with van der Waals surface area (Å²) in [5.74, 6) is 0. The van der Waals surface area contributed by atoms with Crippen molar-refractivity contribution in [2.75, 3.05) is 0 Å². The zero-order valence-electron chi connectivity index (χ0n) is 13.1. The Morgan fingerprint density at radius 1 is 1.26 bits per heavy atom.